The van der Waals surface area contributed by atoms with Crippen molar-refractivity contribution in [3.05, 3.63) is 18.0 Å². The summed E-state index contributed by atoms with van der Waals surface area (Å²) in [5.74, 6) is 0. The van der Waals surface area contributed by atoms with Gasteiger partial charge < -0.3 is 4.74 Å². The molecule has 0 atom stereocenters. The van der Waals surface area contributed by atoms with Crippen molar-refractivity contribution in [1.29, 1.82) is 0 Å². The van der Waals surface area contributed by atoms with Gasteiger partial charge in [-0.1, -0.05) is 0 Å². The van der Waals surface area contributed by atoms with Crippen molar-refractivity contribution in [1.82, 2.24) is 9.89 Å². The van der Waals surface area contributed by atoms with E-state index < -0.39 is 18.0 Å². The maximum absolute atomic E-state index is 12.1. The molecule has 1 aromatic heterocycles. The van der Waals surface area contributed by atoms with E-state index in [1.54, 1.807) is 6.92 Å². The predicted octanol–water partition coefficient (Wildman–Crippen LogP) is 1.60. The predicted molar refractivity (Wildman–Crippen MR) is 43.6 cm³/mol. The first-order chi connectivity index (χ1) is 6.93. The van der Waals surface area contributed by atoms with Crippen LogP contribution < -0.4 is 5.43 Å². The standard InChI is InChI=1S/C7H8F3N3O2/c1-2-15-6(14)12-13-4-3-5(11-13)7(8,9)10/h3-4H,2H2,1H3,(H,12,14). The number of rotatable bonds is 2. The van der Waals surface area contributed by atoms with Crippen LogP contribution in [-0.4, -0.2) is 22.6 Å². The van der Waals surface area contributed by atoms with E-state index in [-0.39, 0.29) is 6.61 Å². The molecule has 1 heterocycles. The number of nitrogens with one attached hydrogen (secondary N) is 1. The number of carbonyl (C=O) groups is 1. The van der Waals surface area contributed by atoms with E-state index in [1.165, 1.54) is 0 Å². The minimum absolute atomic E-state index is 0.124. The highest BCUT2D eigenvalue weighted by Crippen LogP contribution is 2.26. The lowest BCUT2D eigenvalue weighted by Crippen LogP contribution is -2.24. The fraction of sp³-hybridized carbons (Fsp3) is 0.429. The van der Waals surface area contributed by atoms with Crippen LogP contribution in [0.3, 0.4) is 0 Å². The van der Waals surface area contributed by atoms with Crippen LogP contribution >= 0.6 is 0 Å². The van der Waals surface area contributed by atoms with Crippen LogP contribution in [0.15, 0.2) is 12.3 Å². The second-order valence-corrected chi connectivity index (χ2v) is 2.48. The van der Waals surface area contributed by atoms with E-state index in [9.17, 15) is 18.0 Å². The molecule has 0 unspecified atom stereocenters. The van der Waals surface area contributed by atoms with Crippen LogP contribution in [0.1, 0.15) is 12.6 Å². The average Bonchev–Trinajstić information content (AvgIpc) is 2.52. The van der Waals surface area contributed by atoms with E-state index in [0.29, 0.717) is 4.79 Å². The highest BCUT2D eigenvalue weighted by atomic mass is 19.4. The number of ether oxygens (including phenoxy) is 1. The maximum atomic E-state index is 12.1. The molecular weight excluding hydrogens is 215 g/mol. The Morgan fingerprint density at radius 2 is 2.33 bits per heavy atom. The molecule has 1 rings (SSSR count). The quantitative estimate of drug-likeness (QED) is 0.828. The molecule has 0 bridgehead atoms. The van der Waals surface area contributed by atoms with Gasteiger partial charge in [-0.05, 0) is 13.0 Å². The van der Waals surface area contributed by atoms with Crippen LogP contribution in [0.2, 0.25) is 0 Å². The zero-order valence-corrected chi connectivity index (χ0v) is 7.71. The highest BCUT2D eigenvalue weighted by molar-refractivity contribution is 5.75. The van der Waals surface area contributed by atoms with Gasteiger partial charge in [-0.25, -0.2) is 10.2 Å². The molecule has 1 N–H and O–H groups in total. The summed E-state index contributed by atoms with van der Waals surface area (Å²) in [5.41, 5.74) is 0.896. The summed E-state index contributed by atoms with van der Waals surface area (Å²) in [5, 5.41) is 3.08. The van der Waals surface area contributed by atoms with E-state index >= 15 is 0 Å². The van der Waals surface area contributed by atoms with Gasteiger partial charge in [0.2, 0.25) is 0 Å². The zero-order valence-electron chi connectivity index (χ0n) is 7.71. The highest BCUT2D eigenvalue weighted by Gasteiger charge is 2.33. The van der Waals surface area contributed by atoms with Gasteiger partial charge in [0.15, 0.2) is 5.69 Å². The molecular formula is C7H8F3N3O2. The molecule has 5 nitrogen and oxygen atoms in total. The molecule has 0 spiro atoms. The third kappa shape index (κ3) is 3.15. The maximum Gasteiger partial charge on any atom is 0.435 e. The number of alkyl halides is 3. The minimum atomic E-state index is -4.53. The number of carbonyl (C=O) groups excluding carboxylic acids is 1. The average molecular weight is 223 g/mol. The summed E-state index contributed by atoms with van der Waals surface area (Å²) in [4.78, 5) is 11.4. The summed E-state index contributed by atoms with van der Waals surface area (Å²) < 4.78 is 40.6. The Bertz CT molecular complexity index is 347. The van der Waals surface area contributed by atoms with Crippen LogP contribution in [0, 0.1) is 0 Å². The van der Waals surface area contributed by atoms with Crippen molar-refractivity contribution < 1.29 is 22.7 Å². The van der Waals surface area contributed by atoms with Crippen LogP contribution in [0.5, 0.6) is 0 Å². The summed E-state index contributed by atoms with van der Waals surface area (Å²) in [6.07, 6.45) is -4.42. The third-order valence-corrected chi connectivity index (χ3v) is 1.36. The molecule has 0 aliphatic rings. The fourth-order valence-corrected chi connectivity index (χ4v) is 0.794. The summed E-state index contributed by atoms with van der Waals surface area (Å²) in [6, 6.07) is 0.742. The molecule has 0 saturated carbocycles. The largest absolute Gasteiger partial charge is 0.449 e. The summed E-state index contributed by atoms with van der Waals surface area (Å²) >= 11 is 0. The van der Waals surface area contributed by atoms with E-state index in [4.69, 9.17) is 0 Å². The Labute approximate surface area is 82.8 Å². The number of amides is 1. The van der Waals surface area contributed by atoms with E-state index in [2.05, 4.69) is 9.84 Å². The monoisotopic (exact) mass is 223 g/mol. The Balaban J connectivity index is 2.65. The molecule has 15 heavy (non-hydrogen) atoms. The lowest BCUT2D eigenvalue weighted by Gasteiger charge is -2.04. The van der Waals surface area contributed by atoms with Gasteiger partial charge in [-0.2, -0.15) is 18.0 Å². The normalized spacial score (nSPS) is 11.2. The molecule has 0 saturated heterocycles. The van der Waals surface area contributed by atoms with Gasteiger partial charge in [-0.15, -0.1) is 5.10 Å². The molecule has 0 aromatic carbocycles. The second-order valence-electron chi connectivity index (χ2n) is 2.48. The van der Waals surface area contributed by atoms with Gasteiger partial charge in [-0.3, -0.25) is 0 Å². The first-order valence-corrected chi connectivity index (χ1v) is 4.00. The molecule has 0 aliphatic carbocycles. The zero-order chi connectivity index (χ0) is 11.5. The van der Waals surface area contributed by atoms with Crippen LogP contribution in [0.25, 0.3) is 0 Å². The molecule has 1 aromatic rings. The number of hydrogen-bond donors (Lipinski definition) is 1. The molecule has 0 aliphatic heterocycles. The first kappa shape index (κ1) is 11.3. The van der Waals surface area contributed by atoms with Crippen molar-refractivity contribution in [2.24, 2.45) is 0 Å². The summed E-state index contributed by atoms with van der Waals surface area (Å²) in [6.45, 7) is 1.70. The van der Waals surface area contributed by atoms with E-state index in [1.807, 2.05) is 5.43 Å². The lowest BCUT2D eigenvalue weighted by atomic mass is 10.4. The summed E-state index contributed by atoms with van der Waals surface area (Å²) in [7, 11) is 0. The van der Waals surface area contributed by atoms with E-state index in [0.717, 1.165) is 12.3 Å². The van der Waals surface area contributed by atoms with Crippen LogP contribution in [-0.2, 0) is 10.9 Å². The first-order valence-electron chi connectivity index (χ1n) is 4.00. The van der Waals surface area contributed by atoms with Gasteiger partial charge in [0.25, 0.3) is 0 Å². The van der Waals surface area contributed by atoms with Gasteiger partial charge in [0, 0.05) is 6.20 Å². The smallest absolute Gasteiger partial charge is 0.435 e. The molecule has 1 amide bonds. The molecule has 0 radical (unpaired) electrons. The minimum Gasteiger partial charge on any atom is -0.449 e. The SMILES string of the molecule is CCOC(=O)Nn1ccc(C(F)(F)F)n1. The molecule has 8 heteroatoms. The third-order valence-electron chi connectivity index (χ3n) is 1.36. The number of hydrogen-bond acceptors (Lipinski definition) is 3. The fourth-order valence-electron chi connectivity index (χ4n) is 0.794. The van der Waals surface area contributed by atoms with Gasteiger partial charge >= 0.3 is 12.3 Å². The topological polar surface area (TPSA) is 56.1 Å². The van der Waals surface area contributed by atoms with Crippen molar-refractivity contribution >= 4 is 6.09 Å². The number of aromatic nitrogens is 2. The number of halogens is 3. The van der Waals surface area contributed by atoms with Crippen LogP contribution in [0.4, 0.5) is 18.0 Å². The van der Waals surface area contributed by atoms with Crippen molar-refractivity contribution in [3.63, 3.8) is 0 Å². The molecule has 84 valence electrons. The van der Waals surface area contributed by atoms with Gasteiger partial charge in [0.1, 0.15) is 0 Å². The second kappa shape index (κ2) is 4.20. The molecule has 0 fully saturated rings. The Kier molecular flexibility index (Phi) is 3.17. The van der Waals surface area contributed by atoms with Crippen molar-refractivity contribution in [3.8, 4) is 0 Å². The lowest BCUT2D eigenvalue weighted by molar-refractivity contribution is -0.141. The Morgan fingerprint density at radius 3 is 2.80 bits per heavy atom. The van der Waals surface area contributed by atoms with Crippen molar-refractivity contribution in [2.75, 3.05) is 12.0 Å². The van der Waals surface area contributed by atoms with Crippen molar-refractivity contribution in [2.45, 2.75) is 13.1 Å². The number of nitrogens with zero attached hydrogens (tertiary/aromatic N) is 2. The Morgan fingerprint density at radius 1 is 1.67 bits per heavy atom. The van der Waals surface area contributed by atoms with Gasteiger partial charge in [0.05, 0.1) is 6.61 Å². The Hall–Kier alpha value is -1.73.